The maximum absolute atomic E-state index is 11.3. The number of aliphatic hydroxyl groups is 1. The number of Topliss-reactive ketones (excluding diaryl/α,β-unsaturated/α-hetero) is 1. The van der Waals surface area contributed by atoms with Crippen molar-refractivity contribution < 1.29 is 19.7 Å². The maximum Gasteiger partial charge on any atom is 0.293 e. The van der Waals surface area contributed by atoms with E-state index in [4.69, 9.17) is 0 Å². The predicted molar refractivity (Wildman–Crippen MR) is 89.6 cm³/mol. The van der Waals surface area contributed by atoms with E-state index in [2.05, 4.69) is 5.32 Å². The second-order valence-corrected chi connectivity index (χ2v) is 5.29. The molecule has 0 saturated heterocycles. The van der Waals surface area contributed by atoms with Gasteiger partial charge < -0.3 is 10.4 Å². The van der Waals surface area contributed by atoms with Crippen LogP contribution in [0.4, 0.5) is 17.1 Å². The van der Waals surface area contributed by atoms with Gasteiger partial charge in [0.25, 0.3) is 11.4 Å². The average molecular weight is 345 g/mol. The highest BCUT2D eigenvalue weighted by atomic mass is 16.6. The van der Waals surface area contributed by atoms with Crippen molar-refractivity contribution >= 4 is 22.8 Å². The van der Waals surface area contributed by atoms with Crippen LogP contribution in [0.2, 0.25) is 0 Å². The van der Waals surface area contributed by atoms with E-state index in [0.717, 1.165) is 0 Å². The molecular weight excluding hydrogens is 330 g/mol. The fourth-order valence-corrected chi connectivity index (χ4v) is 2.19. The summed E-state index contributed by atoms with van der Waals surface area (Å²) < 4.78 is 0. The van der Waals surface area contributed by atoms with Crippen LogP contribution in [-0.2, 0) is 0 Å². The number of aliphatic hydroxyl groups excluding tert-OH is 1. The molecule has 25 heavy (non-hydrogen) atoms. The fraction of sp³-hybridized carbons (Fsp3) is 0.188. The van der Waals surface area contributed by atoms with Crippen molar-refractivity contribution in [2.45, 2.75) is 13.0 Å². The van der Waals surface area contributed by atoms with E-state index in [1.54, 1.807) is 0 Å². The number of nitrogens with one attached hydrogen (secondary N) is 1. The van der Waals surface area contributed by atoms with Crippen molar-refractivity contribution in [2.75, 3.05) is 11.9 Å². The smallest absolute Gasteiger partial charge is 0.293 e. The molecule has 0 aliphatic heterocycles. The molecule has 2 aromatic rings. The summed E-state index contributed by atoms with van der Waals surface area (Å²) in [5, 5.41) is 34.6. The van der Waals surface area contributed by atoms with Crippen LogP contribution in [-0.4, -0.2) is 27.3 Å². The summed E-state index contributed by atoms with van der Waals surface area (Å²) >= 11 is 0. The van der Waals surface area contributed by atoms with Gasteiger partial charge in [0.2, 0.25) is 0 Å². The Bertz CT molecular complexity index is 819. The number of rotatable bonds is 7. The Hall–Kier alpha value is -3.33. The van der Waals surface area contributed by atoms with Crippen LogP contribution in [0.1, 0.15) is 28.9 Å². The Kier molecular flexibility index (Phi) is 5.40. The molecule has 9 heteroatoms. The van der Waals surface area contributed by atoms with Gasteiger partial charge in [-0.05, 0) is 36.8 Å². The monoisotopic (exact) mass is 345 g/mol. The first-order valence-electron chi connectivity index (χ1n) is 7.25. The van der Waals surface area contributed by atoms with Crippen LogP contribution in [0.5, 0.6) is 0 Å². The Morgan fingerprint density at radius 1 is 1.12 bits per heavy atom. The van der Waals surface area contributed by atoms with Crippen molar-refractivity contribution in [3.05, 3.63) is 73.8 Å². The van der Waals surface area contributed by atoms with Gasteiger partial charge in [0.05, 0.1) is 16.0 Å². The molecule has 1 atom stereocenters. The molecule has 2 N–H and O–H groups in total. The lowest BCUT2D eigenvalue weighted by molar-refractivity contribution is -0.384. The van der Waals surface area contributed by atoms with Crippen molar-refractivity contribution in [3.63, 3.8) is 0 Å². The number of benzene rings is 2. The third-order valence-corrected chi connectivity index (χ3v) is 3.58. The van der Waals surface area contributed by atoms with Crippen molar-refractivity contribution in [2.24, 2.45) is 0 Å². The molecule has 9 nitrogen and oxygen atoms in total. The average Bonchev–Trinajstić information content (AvgIpc) is 2.59. The van der Waals surface area contributed by atoms with Crippen molar-refractivity contribution in [3.8, 4) is 0 Å². The molecule has 0 amide bonds. The first kappa shape index (κ1) is 18.0. The molecule has 0 aliphatic carbocycles. The molecule has 0 radical (unpaired) electrons. The largest absolute Gasteiger partial charge is 0.387 e. The summed E-state index contributed by atoms with van der Waals surface area (Å²) in [5.74, 6) is -0.291. The molecule has 0 aromatic heterocycles. The molecule has 0 fully saturated rings. The van der Waals surface area contributed by atoms with Crippen molar-refractivity contribution in [1.82, 2.24) is 0 Å². The van der Waals surface area contributed by atoms with Gasteiger partial charge >= 0.3 is 0 Å². The molecular formula is C16H15N3O6. The standard InChI is InChI=1S/C16H15N3O6/c1-10(20)12-4-7-14(15(8-12)19(24)25)17-9-16(21)11-2-5-13(6-3-11)18(22)23/h2-8,16-17,21H,9H2,1H3. The van der Waals surface area contributed by atoms with E-state index < -0.39 is 16.0 Å². The molecule has 130 valence electrons. The Labute approximate surface area is 142 Å². The minimum atomic E-state index is -1.02. The summed E-state index contributed by atoms with van der Waals surface area (Å²) in [7, 11) is 0. The third-order valence-electron chi connectivity index (χ3n) is 3.58. The first-order chi connectivity index (χ1) is 11.8. The molecule has 2 aromatic carbocycles. The second kappa shape index (κ2) is 7.49. The van der Waals surface area contributed by atoms with Crippen LogP contribution >= 0.6 is 0 Å². The SMILES string of the molecule is CC(=O)c1ccc(NCC(O)c2ccc([N+](=O)[O-])cc2)c([N+](=O)[O-])c1. The second-order valence-electron chi connectivity index (χ2n) is 5.29. The number of carbonyl (C=O) groups excluding carboxylic acids is 1. The maximum atomic E-state index is 11.3. The molecule has 2 rings (SSSR count). The van der Waals surface area contributed by atoms with Gasteiger partial charge in [-0.15, -0.1) is 0 Å². The lowest BCUT2D eigenvalue weighted by Gasteiger charge is -2.13. The number of hydrogen-bond donors (Lipinski definition) is 2. The summed E-state index contributed by atoms with van der Waals surface area (Å²) in [4.78, 5) is 31.9. The first-order valence-corrected chi connectivity index (χ1v) is 7.25. The highest BCUT2D eigenvalue weighted by molar-refractivity contribution is 5.95. The van der Waals surface area contributed by atoms with Gasteiger partial charge in [0.1, 0.15) is 5.69 Å². The lowest BCUT2D eigenvalue weighted by Crippen LogP contribution is -2.13. The van der Waals surface area contributed by atoms with Crippen LogP contribution in [0, 0.1) is 20.2 Å². The third kappa shape index (κ3) is 4.36. The number of nitro benzene ring substituents is 2. The van der Waals surface area contributed by atoms with Gasteiger partial charge in [0, 0.05) is 30.3 Å². The molecule has 0 bridgehead atoms. The van der Waals surface area contributed by atoms with E-state index in [1.165, 1.54) is 49.4 Å². The van der Waals surface area contributed by atoms with E-state index >= 15 is 0 Å². The Balaban J connectivity index is 2.13. The van der Waals surface area contributed by atoms with E-state index in [9.17, 15) is 30.1 Å². The van der Waals surface area contributed by atoms with E-state index in [1.807, 2.05) is 0 Å². The molecule has 0 spiro atoms. The summed E-state index contributed by atoms with van der Waals surface area (Å²) in [6, 6.07) is 9.39. The minimum Gasteiger partial charge on any atom is -0.387 e. The summed E-state index contributed by atoms with van der Waals surface area (Å²) in [5.41, 5.74) is 0.438. The topological polar surface area (TPSA) is 136 Å². The molecule has 0 saturated carbocycles. The van der Waals surface area contributed by atoms with E-state index in [0.29, 0.717) is 5.56 Å². The molecule has 1 unspecified atom stereocenters. The normalized spacial score (nSPS) is 11.6. The Morgan fingerprint density at radius 2 is 1.76 bits per heavy atom. The summed E-state index contributed by atoms with van der Waals surface area (Å²) in [6.07, 6.45) is -1.02. The zero-order chi connectivity index (χ0) is 18.6. The van der Waals surface area contributed by atoms with Crippen LogP contribution in [0.15, 0.2) is 42.5 Å². The van der Waals surface area contributed by atoms with Gasteiger partial charge in [0.15, 0.2) is 5.78 Å². The number of non-ortho nitro benzene ring substituents is 1. The number of carbonyl (C=O) groups is 1. The van der Waals surface area contributed by atoms with Crippen LogP contribution < -0.4 is 5.32 Å². The fourth-order valence-electron chi connectivity index (χ4n) is 2.19. The highest BCUT2D eigenvalue weighted by Gasteiger charge is 2.17. The lowest BCUT2D eigenvalue weighted by atomic mass is 10.1. The van der Waals surface area contributed by atoms with Crippen molar-refractivity contribution in [1.29, 1.82) is 0 Å². The van der Waals surface area contributed by atoms with Crippen LogP contribution in [0.25, 0.3) is 0 Å². The Morgan fingerprint density at radius 3 is 2.28 bits per heavy atom. The summed E-state index contributed by atoms with van der Waals surface area (Å²) in [6.45, 7) is 1.27. The molecule has 0 aliphatic rings. The number of anilines is 1. The van der Waals surface area contributed by atoms with Crippen LogP contribution in [0.3, 0.4) is 0 Å². The number of nitro groups is 2. The zero-order valence-corrected chi connectivity index (χ0v) is 13.2. The van der Waals surface area contributed by atoms with Gasteiger partial charge in [-0.1, -0.05) is 0 Å². The van der Waals surface area contributed by atoms with E-state index in [-0.39, 0.29) is 35.0 Å². The minimum absolute atomic E-state index is 0.0436. The zero-order valence-electron chi connectivity index (χ0n) is 13.2. The number of hydrogen-bond acceptors (Lipinski definition) is 7. The predicted octanol–water partition coefficient (Wildman–Crippen LogP) is 2.85. The van der Waals surface area contributed by atoms with Gasteiger partial charge in [-0.2, -0.15) is 0 Å². The number of ketones is 1. The van der Waals surface area contributed by atoms with Gasteiger partial charge in [-0.3, -0.25) is 25.0 Å². The quantitative estimate of drug-likeness (QED) is 0.447. The number of nitrogens with zero attached hydrogens (tertiary/aromatic N) is 2. The highest BCUT2D eigenvalue weighted by Crippen LogP contribution is 2.27. The molecule has 0 heterocycles. The van der Waals surface area contributed by atoms with Gasteiger partial charge in [-0.25, -0.2) is 0 Å².